The molecule has 170 valence electrons. The molecule has 0 amide bonds. The highest BCUT2D eigenvalue weighted by atomic mass is 127. The van der Waals surface area contributed by atoms with Crippen LogP contribution in [0.4, 0.5) is 0 Å². The lowest BCUT2D eigenvalue weighted by Gasteiger charge is -2.29. The van der Waals surface area contributed by atoms with E-state index in [0.717, 1.165) is 25.4 Å². The van der Waals surface area contributed by atoms with Gasteiger partial charge < -0.3 is 15.4 Å². The third kappa shape index (κ3) is 6.69. The molecule has 3 rings (SSSR count). The summed E-state index contributed by atoms with van der Waals surface area (Å²) in [5.41, 5.74) is 1.22. The first-order valence-corrected chi connectivity index (χ1v) is 11.9. The van der Waals surface area contributed by atoms with E-state index in [9.17, 15) is 8.42 Å². The fourth-order valence-corrected chi connectivity index (χ4v) is 5.54. The van der Waals surface area contributed by atoms with Crippen molar-refractivity contribution < 1.29 is 13.2 Å². The molecule has 0 bridgehead atoms. The van der Waals surface area contributed by atoms with Crippen LogP contribution in [0, 0.1) is 0 Å². The summed E-state index contributed by atoms with van der Waals surface area (Å²) < 4.78 is 30.8. The zero-order chi connectivity index (χ0) is 20.7. The van der Waals surface area contributed by atoms with Gasteiger partial charge in [-0.2, -0.15) is 0 Å². The Morgan fingerprint density at radius 3 is 2.60 bits per heavy atom. The Hall–Kier alpha value is -1.11. The molecule has 2 fully saturated rings. The number of aliphatic imine (C=N–C) groups is 1. The van der Waals surface area contributed by atoms with E-state index in [-0.39, 0.29) is 35.8 Å². The molecule has 0 aromatic heterocycles. The van der Waals surface area contributed by atoms with Gasteiger partial charge in [0.2, 0.25) is 10.0 Å². The quantitative estimate of drug-likeness (QED) is 0.291. The van der Waals surface area contributed by atoms with Crippen molar-refractivity contribution in [1.29, 1.82) is 0 Å². The number of hydrogen-bond acceptors (Lipinski definition) is 5. The van der Waals surface area contributed by atoms with E-state index < -0.39 is 10.0 Å². The molecule has 10 heteroatoms. The first-order valence-electron chi connectivity index (χ1n) is 10.3. The zero-order valence-corrected chi connectivity index (χ0v) is 21.0. The topological polar surface area (TPSA) is 86.3 Å². The molecule has 0 saturated carbocycles. The van der Waals surface area contributed by atoms with Gasteiger partial charge in [0, 0.05) is 33.2 Å². The highest BCUT2D eigenvalue weighted by Crippen LogP contribution is 2.27. The predicted octanol–water partition coefficient (Wildman–Crippen LogP) is 1.65. The fourth-order valence-electron chi connectivity index (χ4n) is 4.02. The minimum Gasteiger partial charge on any atom is -0.497 e. The molecule has 2 aliphatic heterocycles. The second-order valence-electron chi connectivity index (χ2n) is 7.48. The summed E-state index contributed by atoms with van der Waals surface area (Å²) in [5, 5.41) is 6.66. The summed E-state index contributed by atoms with van der Waals surface area (Å²) >= 11 is 0. The van der Waals surface area contributed by atoms with Gasteiger partial charge in [0.15, 0.2) is 5.96 Å². The van der Waals surface area contributed by atoms with Crippen LogP contribution in [0.25, 0.3) is 0 Å². The number of likely N-dealkylation sites (tertiary alicyclic amines) is 1. The maximum atomic E-state index is 11.9. The minimum atomic E-state index is -3.06. The van der Waals surface area contributed by atoms with Crippen molar-refractivity contribution >= 4 is 40.0 Å². The molecule has 0 aliphatic carbocycles. The van der Waals surface area contributed by atoms with Gasteiger partial charge in [0.1, 0.15) is 5.75 Å². The summed E-state index contributed by atoms with van der Waals surface area (Å²) in [6.45, 7) is 4.50. The number of methoxy groups -OCH3 is 1. The maximum absolute atomic E-state index is 11.9. The van der Waals surface area contributed by atoms with E-state index >= 15 is 0 Å². The van der Waals surface area contributed by atoms with Gasteiger partial charge in [-0.15, -0.1) is 24.0 Å². The lowest BCUT2D eigenvalue weighted by atomic mass is 10.1. The molecule has 8 nitrogen and oxygen atoms in total. The van der Waals surface area contributed by atoms with Crippen molar-refractivity contribution in [1.82, 2.24) is 19.8 Å². The van der Waals surface area contributed by atoms with Crippen LogP contribution in [0.2, 0.25) is 0 Å². The van der Waals surface area contributed by atoms with Crippen LogP contribution >= 0.6 is 24.0 Å². The molecular weight excluding hydrogens is 517 g/mol. The number of nitrogens with one attached hydrogen (secondary N) is 2. The average molecular weight is 551 g/mol. The monoisotopic (exact) mass is 551 g/mol. The Labute approximate surface area is 197 Å². The summed E-state index contributed by atoms with van der Waals surface area (Å²) in [7, 11) is 0.367. The van der Waals surface area contributed by atoms with Crippen molar-refractivity contribution in [2.24, 2.45) is 4.99 Å². The highest BCUT2D eigenvalue weighted by molar-refractivity contribution is 14.0. The molecule has 0 radical (unpaired) electrons. The Kier molecular flexibility index (Phi) is 10.1. The van der Waals surface area contributed by atoms with Gasteiger partial charge in [-0.1, -0.05) is 12.1 Å². The molecule has 1 aromatic rings. The average Bonchev–Trinajstić information content (AvgIpc) is 3.36. The van der Waals surface area contributed by atoms with Crippen LogP contribution in [0.1, 0.15) is 30.9 Å². The second-order valence-corrected chi connectivity index (χ2v) is 9.57. The molecule has 2 saturated heterocycles. The van der Waals surface area contributed by atoms with Gasteiger partial charge in [-0.25, -0.2) is 12.7 Å². The van der Waals surface area contributed by atoms with Crippen LogP contribution in [0.3, 0.4) is 0 Å². The normalized spacial score (nSPS) is 20.5. The smallest absolute Gasteiger partial charge is 0.214 e. The Morgan fingerprint density at radius 2 is 1.97 bits per heavy atom. The van der Waals surface area contributed by atoms with Crippen LogP contribution in [-0.4, -0.2) is 82.8 Å². The SMILES string of the molecule is CN=C(NCCN1CCCS1(=O)=O)NCC(c1cccc(OC)c1)N1CCCC1.I. The lowest BCUT2D eigenvalue weighted by Crippen LogP contribution is -2.45. The van der Waals surface area contributed by atoms with Crippen molar-refractivity contribution in [3.05, 3.63) is 29.8 Å². The van der Waals surface area contributed by atoms with Crippen molar-refractivity contribution in [2.75, 3.05) is 59.2 Å². The lowest BCUT2D eigenvalue weighted by molar-refractivity contribution is 0.245. The first-order chi connectivity index (χ1) is 14.0. The molecule has 1 atom stereocenters. The van der Waals surface area contributed by atoms with E-state index in [1.165, 1.54) is 18.4 Å². The number of halogens is 1. The predicted molar refractivity (Wildman–Crippen MR) is 131 cm³/mol. The van der Waals surface area contributed by atoms with Crippen LogP contribution in [0.15, 0.2) is 29.3 Å². The number of sulfonamides is 1. The van der Waals surface area contributed by atoms with E-state index in [4.69, 9.17) is 4.74 Å². The van der Waals surface area contributed by atoms with Gasteiger partial charge in [0.05, 0.1) is 18.9 Å². The molecule has 1 aromatic carbocycles. The number of benzene rings is 1. The van der Waals surface area contributed by atoms with E-state index in [2.05, 4.69) is 32.7 Å². The summed E-state index contributed by atoms with van der Waals surface area (Å²) in [6.07, 6.45) is 3.16. The molecule has 30 heavy (non-hydrogen) atoms. The molecule has 2 aliphatic rings. The molecule has 0 spiro atoms. The van der Waals surface area contributed by atoms with Crippen LogP contribution in [-0.2, 0) is 10.0 Å². The van der Waals surface area contributed by atoms with Crippen LogP contribution < -0.4 is 15.4 Å². The standard InChI is InChI=1S/C20H33N5O3S.HI/c1-21-20(22-9-13-25-12-6-14-29(25,26)27)23-16-19(24-10-3-4-11-24)17-7-5-8-18(15-17)28-2;/h5,7-8,15,19H,3-4,6,9-14,16H2,1-2H3,(H2,21,22,23);1H. The Balaban J connectivity index is 0.00000320. The van der Waals surface area contributed by atoms with Gasteiger partial charge in [-0.3, -0.25) is 9.89 Å². The zero-order valence-electron chi connectivity index (χ0n) is 17.8. The van der Waals surface area contributed by atoms with Crippen molar-refractivity contribution in [3.63, 3.8) is 0 Å². The number of rotatable bonds is 8. The van der Waals surface area contributed by atoms with Gasteiger partial charge in [-0.05, 0) is 50.0 Å². The largest absolute Gasteiger partial charge is 0.497 e. The van der Waals surface area contributed by atoms with Gasteiger partial charge >= 0.3 is 0 Å². The fraction of sp³-hybridized carbons (Fsp3) is 0.650. The Morgan fingerprint density at radius 1 is 1.20 bits per heavy atom. The minimum absolute atomic E-state index is 0. The summed E-state index contributed by atoms with van der Waals surface area (Å²) in [6, 6.07) is 8.46. The van der Waals surface area contributed by atoms with E-state index in [0.29, 0.717) is 32.0 Å². The Bertz CT molecular complexity index is 799. The summed E-state index contributed by atoms with van der Waals surface area (Å²) in [5.74, 6) is 1.81. The highest BCUT2D eigenvalue weighted by Gasteiger charge is 2.27. The molecule has 2 N–H and O–H groups in total. The number of hydrogen-bond donors (Lipinski definition) is 2. The third-order valence-corrected chi connectivity index (χ3v) is 7.56. The van der Waals surface area contributed by atoms with E-state index in [1.807, 2.05) is 12.1 Å². The van der Waals surface area contributed by atoms with Crippen molar-refractivity contribution in [3.8, 4) is 5.75 Å². The molecular formula is C20H34IN5O3S. The van der Waals surface area contributed by atoms with Crippen molar-refractivity contribution in [2.45, 2.75) is 25.3 Å². The van der Waals surface area contributed by atoms with Crippen LogP contribution in [0.5, 0.6) is 5.75 Å². The first kappa shape index (κ1) is 25.2. The molecule has 2 heterocycles. The number of ether oxygens (including phenoxy) is 1. The maximum Gasteiger partial charge on any atom is 0.214 e. The summed E-state index contributed by atoms with van der Waals surface area (Å²) in [4.78, 5) is 6.79. The molecule has 1 unspecified atom stereocenters. The van der Waals surface area contributed by atoms with E-state index in [1.54, 1.807) is 18.5 Å². The van der Waals surface area contributed by atoms with Gasteiger partial charge in [0.25, 0.3) is 0 Å². The third-order valence-electron chi connectivity index (χ3n) is 5.60. The number of guanidine groups is 1. The number of nitrogens with zero attached hydrogens (tertiary/aromatic N) is 3. The second kappa shape index (κ2) is 12.1.